The van der Waals surface area contributed by atoms with E-state index in [1.165, 1.54) is 41.5 Å². The molecule has 0 unspecified atom stereocenters. The molecule has 3 N–H and O–H groups in total. The molecule has 0 saturated carbocycles. The van der Waals surface area contributed by atoms with Crippen LogP contribution in [0.15, 0.2) is 79.4 Å². The van der Waals surface area contributed by atoms with Gasteiger partial charge in [-0.3, -0.25) is 19.2 Å². The van der Waals surface area contributed by atoms with Gasteiger partial charge in [-0.1, -0.05) is 6.07 Å². The van der Waals surface area contributed by atoms with Crippen molar-refractivity contribution in [3.63, 3.8) is 0 Å². The van der Waals surface area contributed by atoms with E-state index in [9.17, 15) is 22.8 Å². The number of ether oxygens (including phenoxy) is 1. The quantitative estimate of drug-likeness (QED) is 0.250. The van der Waals surface area contributed by atoms with Gasteiger partial charge in [0.2, 0.25) is 5.88 Å². The third-order valence-electron chi connectivity index (χ3n) is 7.72. The first kappa shape index (κ1) is 30.7. The van der Waals surface area contributed by atoms with E-state index in [-0.39, 0.29) is 34.9 Å². The van der Waals surface area contributed by atoms with Crippen LogP contribution in [-0.2, 0) is 12.7 Å². The van der Waals surface area contributed by atoms with Gasteiger partial charge in [0.05, 0.1) is 22.3 Å². The fourth-order valence-corrected chi connectivity index (χ4v) is 5.30. The molecule has 2 amide bonds. The van der Waals surface area contributed by atoms with Crippen LogP contribution in [0.3, 0.4) is 0 Å². The molecule has 3 aromatic heterocycles. The van der Waals surface area contributed by atoms with Crippen molar-refractivity contribution in [2.24, 2.45) is 5.73 Å². The second kappa shape index (κ2) is 12.6. The van der Waals surface area contributed by atoms with Crippen molar-refractivity contribution in [1.82, 2.24) is 29.3 Å². The number of pyridine rings is 1. The molecule has 0 spiro atoms. The first-order valence-electron chi connectivity index (χ1n) is 14.3. The lowest BCUT2D eigenvalue weighted by Crippen LogP contribution is -2.44. The van der Waals surface area contributed by atoms with Crippen LogP contribution in [0.1, 0.15) is 21.5 Å². The maximum absolute atomic E-state index is 14.0. The van der Waals surface area contributed by atoms with Gasteiger partial charge in [0.25, 0.3) is 5.91 Å². The molecule has 236 valence electrons. The highest BCUT2D eigenvalue weighted by Gasteiger charge is 2.34. The number of carbonyl (C=O) groups excluding carboxylic acids is 2. The van der Waals surface area contributed by atoms with E-state index < -0.39 is 23.7 Å². The Morgan fingerprint density at radius 3 is 2.54 bits per heavy atom. The van der Waals surface area contributed by atoms with Gasteiger partial charge in [0, 0.05) is 62.3 Å². The number of alkyl halides is 3. The van der Waals surface area contributed by atoms with Gasteiger partial charge in [-0.15, -0.1) is 0 Å². The number of carbonyl (C=O) groups is 2. The summed E-state index contributed by atoms with van der Waals surface area (Å²) in [6.07, 6.45) is -0.275. The van der Waals surface area contributed by atoms with Crippen molar-refractivity contribution < 1.29 is 27.5 Å². The molecule has 11 nitrogen and oxygen atoms in total. The molecule has 2 aromatic carbocycles. The number of nitrogens with one attached hydrogen (secondary N) is 1. The third kappa shape index (κ3) is 6.67. The molecule has 4 heterocycles. The summed E-state index contributed by atoms with van der Waals surface area (Å²) in [5, 5.41) is 3.23. The van der Waals surface area contributed by atoms with Gasteiger partial charge in [-0.05, 0) is 61.1 Å². The van der Waals surface area contributed by atoms with Crippen LogP contribution >= 0.6 is 0 Å². The second-order valence-corrected chi connectivity index (χ2v) is 10.9. The molecule has 1 aliphatic heterocycles. The van der Waals surface area contributed by atoms with Gasteiger partial charge >= 0.3 is 12.2 Å². The molecule has 0 atom stereocenters. The first-order chi connectivity index (χ1) is 22.0. The Hall–Kier alpha value is -5.34. The minimum Gasteiger partial charge on any atom is -0.439 e. The minimum absolute atomic E-state index is 0.0354. The Balaban J connectivity index is 1.18. The number of nitrogens with zero attached hydrogens (tertiary/aromatic N) is 6. The summed E-state index contributed by atoms with van der Waals surface area (Å²) in [6, 6.07) is 14.6. The molecule has 1 aliphatic rings. The fourth-order valence-electron chi connectivity index (χ4n) is 5.30. The maximum atomic E-state index is 14.0. The molecule has 46 heavy (non-hydrogen) atoms. The van der Waals surface area contributed by atoms with Crippen molar-refractivity contribution in [2.45, 2.75) is 12.7 Å². The zero-order valence-corrected chi connectivity index (χ0v) is 24.7. The van der Waals surface area contributed by atoms with Crippen LogP contribution in [0.4, 0.5) is 23.7 Å². The molecule has 0 aliphatic carbocycles. The molecular weight excluding hydrogens is 601 g/mol. The van der Waals surface area contributed by atoms with E-state index >= 15 is 0 Å². The summed E-state index contributed by atoms with van der Waals surface area (Å²) in [5.74, 6) is -0.0708. The lowest BCUT2D eigenvalue weighted by molar-refractivity contribution is -0.138. The Morgan fingerprint density at radius 1 is 0.978 bits per heavy atom. The molecular formula is C32H29F3N8O3. The number of nitrogens with two attached hydrogens (primary N) is 1. The number of halogens is 3. The summed E-state index contributed by atoms with van der Waals surface area (Å²) in [5.41, 5.74) is 6.22. The van der Waals surface area contributed by atoms with Crippen LogP contribution in [0.25, 0.3) is 22.3 Å². The van der Waals surface area contributed by atoms with E-state index in [1.54, 1.807) is 36.4 Å². The lowest BCUT2D eigenvalue weighted by Gasteiger charge is -2.33. The highest BCUT2D eigenvalue weighted by molar-refractivity contribution is 5.99. The standard InChI is InChI=1S/C32H29F3N8O3/c1-41-11-13-42(14-12-41)18-21-4-5-22(16-25(21)32(33,34)35)40-31(45)43-10-8-20-15-23(6-7-27(20)43)46-28-17-26(38-19-39-28)29-24(30(36)44)3-2-9-37-29/h2-10,15-17,19H,11-14,18H2,1H3,(H2,36,44)(H,40,45). The Bertz CT molecular complexity index is 1920. The molecule has 6 rings (SSSR count). The molecule has 1 saturated heterocycles. The molecule has 14 heteroatoms. The Labute approximate surface area is 261 Å². The Kier molecular flexibility index (Phi) is 8.39. The monoisotopic (exact) mass is 630 g/mol. The largest absolute Gasteiger partial charge is 0.439 e. The number of piperazine rings is 1. The molecule has 1 fully saturated rings. The number of benzene rings is 2. The maximum Gasteiger partial charge on any atom is 0.416 e. The van der Waals surface area contributed by atoms with Gasteiger partial charge in [0.15, 0.2) is 0 Å². The van der Waals surface area contributed by atoms with Crippen molar-refractivity contribution in [3.05, 3.63) is 96.1 Å². The van der Waals surface area contributed by atoms with E-state index in [4.69, 9.17) is 10.5 Å². The number of likely N-dealkylation sites (N-methyl/N-ethyl adjacent to an activating group) is 1. The summed E-state index contributed by atoms with van der Waals surface area (Å²) < 4.78 is 49.3. The van der Waals surface area contributed by atoms with Crippen LogP contribution < -0.4 is 15.8 Å². The van der Waals surface area contributed by atoms with E-state index in [0.29, 0.717) is 35.4 Å². The smallest absolute Gasteiger partial charge is 0.416 e. The number of anilines is 1. The van der Waals surface area contributed by atoms with Crippen LogP contribution in [0.5, 0.6) is 11.6 Å². The van der Waals surface area contributed by atoms with E-state index in [1.807, 2.05) is 11.9 Å². The summed E-state index contributed by atoms with van der Waals surface area (Å²) in [4.78, 5) is 41.6. The van der Waals surface area contributed by atoms with Gasteiger partial charge in [0.1, 0.15) is 17.8 Å². The zero-order valence-electron chi connectivity index (χ0n) is 24.7. The van der Waals surface area contributed by atoms with Gasteiger partial charge in [-0.2, -0.15) is 13.2 Å². The van der Waals surface area contributed by atoms with Crippen molar-refractivity contribution in [1.29, 1.82) is 0 Å². The predicted molar refractivity (Wildman–Crippen MR) is 164 cm³/mol. The lowest BCUT2D eigenvalue weighted by atomic mass is 10.0. The van der Waals surface area contributed by atoms with Crippen molar-refractivity contribution in [2.75, 3.05) is 38.5 Å². The SMILES string of the molecule is CN1CCN(Cc2ccc(NC(=O)n3ccc4cc(Oc5cc(-c6ncccc6C(N)=O)ncn5)ccc43)cc2C(F)(F)F)CC1. The number of fused-ring (bicyclic) bond motifs is 1. The zero-order chi connectivity index (χ0) is 32.4. The van der Waals surface area contributed by atoms with Crippen LogP contribution in [0, 0.1) is 0 Å². The summed E-state index contributed by atoms with van der Waals surface area (Å²) in [6.45, 7) is 3.13. The van der Waals surface area contributed by atoms with Crippen molar-refractivity contribution in [3.8, 4) is 23.0 Å². The number of hydrogen-bond donors (Lipinski definition) is 2. The van der Waals surface area contributed by atoms with Crippen LogP contribution in [-0.4, -0.2) is 74.5 Å². The number of amides is 2. The minimum atomic E-state index is -4.58. The van der Waals surface area contributed by atoms with Crippen molar-refractivity contribution >= 4 is 28.5 Å². The van der Waals surface area contributed by atoms with Crippen LogP contribution in [0.2, 0.25) is 0 Å². The topological polar surface area (TPSA) is 132 Å². The number of hydrogen-bond acceptors (Lipinski definition) is 8. The number of rotatable bonds is 7. The molecule has 0 bridgehead atoms. The highest BCUT2D eigenvalue weighted by atomic mass is 19.4. The number of aromatic nitrogens is 4. The normalized spacial score (nSPS) is 14.3. The van der Waals surface area contributed by atoms with Gasteiger partial charge in [-0.25, -0.2) is 14.8 Å². The average molecular weight is 631 g/mol. The number of primary amides is 1. The van der Waals surface area contributed by atoms with Gasteiger partial charge < -0.3 is 20.7 Å². The average Bonchev–Trinajstić information content (AvgIpc) is 3.46. The second-order valence-electron chi connectivity index (χ2n) is 10.9. The summed E-state index contributed by atoms with van der Waals surface area (Å²) >= 11 is 0. The highest BCUT2D eigenvalue weighted by Crippen LogP contribution is 2.35. The predicted octanol–water partition coefficient (Wildman–Crippen LogP) is 5.23. The molecule has 0 radical (unpaired) electrons. The summed E-state index contributed by atoms with van der Waals surface area (Å²) in [7, 11) is 1.99. The third-order valence-corrected chi connectivity index (χ3v) is 7.72. The Morgan fingerprint density at radius 2 is 1.78 bits per heavy atom. The first-order valence-corrected chi connectivity index (χ1v) is 14.3. The molecule has 5 aromatic rings. The fraction of sp³-hybridized carbons (Fsp3) is 0.219. The van der Waals surface area contributed by atoms with E-state index in [0.717, 1.165) is 19.2 Å². The van der Waals surface area contributed by atoms with E-state index in [2.05, 4.69) is 25.2 Å².